The number of amides is 1. The summed E-state index contributed by atoms with van der Waals surface area (Å²) in [6.45, 7) is 4.36. The van der Waals surface area contributed by atoms with Crippen LogP contribution in [0, 0.1) is 5.92 Å². The number of carbonyl (C=O) groups excluding carboxylic acids is 2. The van der Waals surface area contributed by atoms with Crippen molar-refractivity contribution in [1.29, 1.82) is 0 Å². The first kappa shape index (κ1) is 17.8. The van der Waals surface area contributed by atoms with Gasteiger partial charge in [0.05, 0.1) is 32.8 Å². The number of rotatable bonds is 7. The van der Waals surface area contributed by atoms with Crippen molar-refractivity contribution in [2.24, 2.45) is 5.92 Å². The number of hydrogen-bond donors (Lipinski definition) is 0. The third-order valence-electron chi connectivity index (χ3n) is 3.41. The van der Waals surface area contributed by atoms with E-state index in [1.165, 1.54) is 14.2 Å². The highest BCUT2D eigenvalue weighted by molar-refractivity contribution is 5.97. The molecule has 0 saturated heterocycles. The fourth-order valence-electron chi connectivity index (χ4n) is 2.11. The normalized spacial score (nSPS) is 11.5. The van der Waals surface area contributed by atoms with Gasteiger partial charge in [-0.2, -0.15) is 0 Å². The van der Waals surface area contributed by atoms with Gasteiger partial charge in [0.1, 0.15) is 11.5 Å². The Bertz CT molecular complexity index is 529. The van der Waals surface area contributed by atoms with E-state index in [4.69, 9.17) is 14.2 Å². The van der Waals surface area contributed by atoms with Crippen LogP contribution in [0.1, 0.15) is 24.2 Å². The first-order chi connectivity index (χ1) is 10.5. The second kappa shape index (κ2) is 8.26. The summed E-state index contributed by atoms with van der Waals surface area (Å²) in [5.41, 5.74) is 0.433. The van der Waals surface area contributed by atoms with Gasteiger partial charge in [0.15, 0.2) is 0 Å². The summed E-state index contributed by atoms with van der Waals surface area (Å²) in [5.74, 6) is 0.122. The van der Waals surface area contributed by atoms with E-state index in [2.05, 4.69) is 0 Å². The molecule has 0 aliphatic rings. The predicted octanol–water partition coefficient (Wildman–Crippen LogP) is 1.97. The Morgan fingerprint density at radius 3 is 2.36 bits per heavy atom. The Kier molecular flexibility index (Phi) is 6.69. The summed E-state index contributed by atoms with van der Waals surface area (Å²) in [6, 6.07) is 5.02. The minimum Gasteiger partial charge on any atom is -0.497 e. The van der Waals surface area contributed by atoms with E-state index in [9.17, 15) is 9.59 Å². The first-order valence-electron chi connectivity index (χ1n) is 7.07. The van der Waals surface area contributed by atoms with Crippen LogP contribution < -0.4 is 9.47 Å². The average Bonchev–Trinajstić information content (AvgIpc) is 2.57. The lowest BCUT2D eigenvalue weighted by molar-refractivity contribution is -0.145. The maximum Gasteiger partial charge on any atom is 0.310 e. The predicted molar refractivity (Wildman–Crippen MR) is 82.3 cm³/mol. The van der Waals surface area contributed by atoms with Gasteiger partial charge in [0.25, 0.3) is 5.91 Å². The monoisotopic (exact) mass is 309 g/mol. The second-order valence-electron chi connectivity index (χ2n) is 4.83. The molecule has 1 aromatic rings. The van der Waals surface area contributed by atoms with Crippen molar-refractivity contribution in [1.82, 2.24) is 4.90 Å². The molecule has 1 unspecified atom stereocenters. The van der Waals surface area contributed by atoms with Crippen LogP contribution in [0.3, 0.4) is 0 Å². The van der Waals surface area contributed by atoms with E-state index in [0.29, 0.717) is 23.6 Å². The molecular weight excluding hydrogens is 286 g/mol. The van der Waals surface area contributed by atoms with Crippen molar-refractivity contribution in [3.63, 3.8) is 0 Å². The molecule has 0 saturated carbocycles. The quantitative estimate of drug-likeness (QED) is 0.721. The maximum absolute atomic E-state index is 12.7. The van der Waals surface area contributed by atoms with Gasteiger partial charge in [-0.05, 0) is 19.1 Å². The summed E-state index contributed by atoms with van der Waals surface area (Å²) >= 11 is 0. The largest absolute Gasteiger partial charge is 0.497 e. The van der Waals surface area contributed by atoms with Crippen LogP contribution in [-0.2, 0) is 9.53 Å². The van der Waals surface area contributed by atoms with Crippen molar-refractivity contribution in [3.8, 4) is 11.5 Å². The lowest BCUT2D eigenvalue weighted by atomic mass is 10.1. The zero-order valence-electron chi connectivity index (χ0n) is 13.7. The fraction of sp³-hybridized carbons (Fsp3) is 0.500. The highest BCUT2D eigenvalue weighted by Gasteiger charge is 2.23. The molecule has 1 atom stereocenters. The number of esters is 1. The number of hydrogen-bond acceptors (Lipinski definition) is 5. The van der Waals surface area contributed by atoms with Crippen molar-refractivity contribution >= 4 is 11.9 Å². The van der Waals surface area contributed by atoms with Crippen LogP contribution in [-0.4, -0.2) is 51.2 Å². The van der Waals surface area contributed by atoms with E-state index in [1.54, 1.807) is 37.1 Å². The second-order valence-corrected chi connectivity index (χ2v) is 4.83. The topological polar surface area (TPSA) is 65.1 Å². The van der Waals surface area contributed by atoms with E-state index in [0.717, 1.165) is 0 Å². The van der Waals surface area contributed by atoms with Crippen molar-refractivity contribution in [2.75, 3.05) is 34.4 Å². The summed E-state index contributed by atoms with van der Waals surface area (Å²) in [5, 5.41) is 0. The zero-order valence-corrected chi connectivity index (χ0v) is 13.7. The Labute approximate surface area is 131 Å². The summed E-state index contributed by atoms with van der Waals surface area (Å²) in [6.07, 6.45) is 0. The molecule has 0 spiro atoms. The van der Waals surface area contributed by atoms with Crippen LogP contribution in [0.15, 0.2) is 18.2 Å². The zero-order chi connectivity index (χ0) is 16.7. The van der Waals surface area contributed by atoms with E-state index < -0.39 is 5.92 Å². The molecule has 0 heterocycles. The smallest absolute Gasteiger partial charge is 0.310 e. The molecule has 122 valence electrons. The first-order valence-corrected chi connectivity index (χ1v) is 7.07. The number of methoxy groups -OCH3 is 3. The Morgan fingerprint density at radius 2 is 1.86 bits per heavy atom. The van der Waals surface area contributed by atoms with E-state index in [-0.39, 0.29) is 18.4 Å². The molecule has 1 amide bonds. The molecule has 6 nitrogen and oxygen atoms in total. The minimum absolute atomic E-state index is 0.197. The van der Waals surface area contributed by atoms with Crippen molar-refractivity contribution < 1.29 is 23.8 Å². The Balaban J connectivity index is 2.99. The molecule has 0 aliphatic heterocycles. The molecule has 0 radical (unpaired) electrons. The van der Waals surface area contributed by atoms with Crippen LogP contribution in [0.4, 0.5) is 0 Å². The molecular formula is C16H23NO5. The summed E-state index contributed by atoms with van der Waals surface area (Å²) < 4.78 is 15.1. The van der Waals surface area contributed by atoms with Gasteiger partial charge in [-0.15, -0.1) is 0 Å². The standard InChI is InChI=1S/C16H23NO5/c1-6-17(10-11(2)16(19)22-5)15(18)13-8-7-12(20-3)9-14(13)21-4/h7-9,11H,6,10H2,1-5H3. The van der Waals surface area contributed by atoms with Gasteiger partial charge in [-0.3, -0.25) is 9.59 Å². The molecule has 1 rings (SSSR count). The molecule has 0 aromatic heterocycles. The number of benzene rings is 1. The summed E-state index contributed by atoms with van der Waals surface area (Å²) in [7, 11) is 4.38. The third kappa shape index (κ3) is 4.13. The molecule has 0 aliphatic carbocycles. The molecule has 22 heavy (non-hydrogen) atoms. The molecule has 0 N–H and O–H groups in total. The van der Waals surface area contributed by atoms with Gasteiger partial charge < -0.3 is 19.1 Å². The van der Waals surface area contributed by atoms with Gasteiger partial charge in [-0.1, -0.05) is 6.92 Å². The molecule has 1 aromatic carbocycles. The highest BCUT2D eigenvalue weighted by atomic mass is 16.5. The minimum atomic E-state index is -0.391. The highest BCUT2D eigenvalue weighted by Crippen LogP contribution is 2.26. The molecule has 0 fully saturated rings. The number of nitrogens with zero attached hydrogens (tertiary/aromatic N) is 1. The maximum atomic E-state index is 12.7. The number of ether oxygens (including phenoxy) is 3. The van der Waals surface area contributed by atoms with Crippen molar-refractivity contribution in [2.45, 2.75) is 13.8 Å². The van der Waals surface area contributed by atoms with E-state index >= 15 is 0 Å². The Hall–Kier alpha value is -2.24. The lowest BCUT2D eigenvalue weighted by Gasteiger charge is -2.24. The van der Waals surface area contributed by atoms with Gasteiger partial charge >= 0.3 is 5.97 Å². The number of carbonyl (C=O) groups is 2. The van der Waals surface area contributed by atoms with Crippen LogP contribution in [0.2, 0.25) is 0 Å². The van der Waals surface area contributed by atoms with Gasteiger partial charge in [0, 0.05) is 19.2 Å². The van der Waals surface area contributed by atoms with Crippen LogP contribution in [0.5, 0.6) is 11.5 Å². The van der Waals surface area contributed by atoms with Crippen LogP contribution >= 0.6 is 0 Å². The average molecular weight is 309 g/mol. The SMILES string of the molecule is CCN(CC(C)C(=O)OC)C(=O)c1ccc(OC)cc1OC. The fourth-order valence-corrected chi connectivity index (χ4v) is 2.11. The van der Waals surface area contributed by atoms with Crippen molar-refractivity contribution in [3.05, 3.63) is 23.8 Å². The van der Waals surface area contributed by atoms with Gasteiger partial charge in [-0.25, -0.2) is 0 Å². The Morgan fingerprint density at radius 1 is 1.18 bits per heavy atom. The lowest BCUT2D eigenvalue weighted by Crippen LogP contribution is -2.37. The molecule has 0 bridgehead atoms. The molecule has 6 heteroatoms. The van der Waals surface area contributed by atoms with Gasteiger partial charge in [0.2, 0.25) is 0 Å². The van der Waals surface area contributed by atoms with E-state index in [1.807, 2.05) is 6.92 Å². The van der Waals surface area contributed by atoms with Crippen LogP contribution in [0.25, 0.3) is 0 Å². The third-order valence-corrected chi connectivity index (χ3v) is 3.41. The summed E-state index contributed by atoms with van der Waals surface area (Å²) in [4.78, 5) is 25.8.